The third kappa shape index (κ3) is 4.44. The Morgan fingerprint density at radius 1 is 1.04 bits per heavy atom. The van der Waals surface area contributed by atoms with Crippen LogP contribution in [0.3, 0.4) is 0 Å². The lowest BCUT2D eigenvalue weighted by molar-refractivity contribution is 0.0956. The molecule has 0 saturated carbocycles. The standard InChI is InChI=1S/C20H23N5O2/c1-2-9-22-20(27)16-5-8-18(23-14-16)25-12-10-24(11-13-25)17-6-3-15(4-7-17)19(21)26/h2-8,14H,1,9-13H2,(H2,21,26)(H,22,27). The molecule has 0 aliphatic carbocycles. The lowest BCUT2D eigenvalue weighted by Crippen LogP contribution is -2.46. The molecule has 1 aliphatic heterocycles. The first kappa shape index (κ1) is 18.4. The summed E-state index contributed by atoms with van der Waals surface area (Å²) in [5.74, 6) is 0.288. The van der Waals surface area contributed by atoms with Gasteiger partial charge in [0.15, 0.2) is 0 Å². The average molecular weight is 365 g/mol. The van der Waals surface area contributed by atoms with Gasteiger partial charge in [-0.15, -0.1) is 6.58 Å². The summed E-state index contributed by atoms with van der Waals surface area (Å²) in [7, 11) is 0. The third-order valence-electron chi connectivity index (χ3n) is 4.54. The summed E-state index contributed by atoms with van der Waals surface area (Å²) in [5.41, 5.74) is 7.40. The minimum atomic E-state index is -0.418. The Bertz CT molecular complexity index is 809. The van der Waals surface area contributed by atoms with E-state index in [0.717, 1.165) is 37.7 Å². The molecule has 0 spiro atoms. The van der Waals surface area contributed by atoms with E-state index >= 15 is 0 Å². The second-order valence-electron chi connectivity index (χ2n) is 6.29. The Morgan fingerprint density at radius 2 is 1.67 bits per heavy atom. The van der Waals surface area contributed by atoms with Gasteiger partial charge >= 0.3 is 0 Å². The average Bonchev–Trinajstić information content (AvgIpc) is 2.72. The number of hydrogen-bond donors (Lipinski definition) is 2. The van der Waals surface area contributed by atoms with E-state index in [9.17, 15) is 9.59 Å². The number of amides is 2. The van der Waals surface area contributed by atoms with Gasteiger partial charge in [-0.2, -0.15) is 0 Å². The molecular formula is C20H23N5O2. The molecule has 3 N–H and O–H groups in total. The minimum absolute atomic E-state index is 0.154. The Morgan fingerprint density at radius 3 is 2.22 bits per heavy atom. The fourth-order valence-corrected chi connectivity index (χ4v) is 3.00. The number of carbonyl (C=O) groups excluding carboxylic acids is 2. The zero-order valence-electron chi connectivity index (χ0n) is 15.1. The molecule has 0 radical (unpaired) electrons. The summed E-state index contributed by atoms with van der Waals surface area (Å²) in [6.45, 7) is 7.36. The van der Waals surface area contributed by atoms with E-state index in [0.29, 0.717) is 17.7 Å². The Balaban J connectivity index is 1.58. The highest BCUT2D eigenvalue weighted by molar-refractivity contribution is 5.94. The number of aromatic nitrogens is 1. The highest BCUT2D eigenvalue weighted by Crippen LogP contribution is 2.20. The van der Waals surface area contributed by atoms with Crippen molar-refractivity contribution in [2.75, 3.05) is 42.5 Å². The number of anilines is 2. The van der Waals surface area contributed by atoms with Crippen molar-refractivity contribution in [1.29, 1.82) is 0 Å². The molecule has 0 unspecified atom stereocenters. The number of piperazine rings is 1. The zero-order chi connectivity index (χ0) is 19.2. The summed E-state index contributed by atoms with van der Waals surface area (Å²) < 4.78 is 0. The van der Waals surface area contributed by atoms with Gasteiger partial charge in [0.25, 0.3) is 5.91 Å². The molecule has 2 heterocycles. The first-order chi connectivity index (χ1) is 13.1. The lowest BCUT2D eigenvalue weighted by Gasteiger charge is -2.36. The Kier molecular flexibility index (Phi) is 5.71. The molecule has 1 saturated heterocycles. The first-order valence-electron chi connectivity index (χ1n) is 8.83. The van der Waals surface area contributed by atoms with Gasteiger partial charge in [0, 0.05) is 50.2 Å². The van der Waals surface area contributed by atoms with Crippen molar-refractivity contribution in [2.24, 2.45) is 5.73 Å². The molecule has 0 atom stereocenters. The Hall–Kier alpha value is -3.35. The highest BCUT2D eigenvalue weighted by Gasteiger charge is 2.19. The second kappa shape index (κ2) is 8.35. The van der Waals surface area contributed by atoms with Crippen LogP contribution in [0.4, 0.5) is 11.5 Å². The van der Waals surface area contributed by atoms with Crippen LogP contribution in [0.2, 0.25) is 0 Å². The van der Waals surface area contributed by atoms with E-state index in [2.05, 4.69) is 26.7 Å². The highest BCUT2D eigenvalue weighted by atomic mass is 16.2. The molecule has 3 rings (SSSR count). The van der Waals surface area contributed by atoms with E-state index in [1.165, 1.54) is 0 Å². The van der Waals surface area contributed by atoms with Crippen LogP contribution in [0.1, 0.15) is 20.7 Å². The fraction of sp³-hybridized carbons (Fsp3) is 0.250. The van der Waals surface area contributed by atoms with Gasteiger partial charge in [-0.3, -0.25) is 9.59 Å². The normalized spacial score (nSPS) is 13.9. The summed E-state index contributed by atoms with van der Waals surface area (Å²) in [5, 5.41) is 2.74. The smallest absolute Gasteiger partial charge is 0.253 e. The summed E-state index contributed by atoms with van der Waals surface area (Å²) in [6.07, 6.45) is 3.24. The molecule has 27 heavy (non-hydrogen) atoms. The number of nitrogens with zero attached hydrogens (tertiary/aromatic N) is 3. The molecule has 140 valence electrons. The molecule has 1 fully saturated rings. The predicted octanol–water partition coefficient (Wildman–Crippen LogP) is 1.42. The van der Waals surface area contributed by atoms with Gasteiger partial charge in [-0.25, -0.2) is 4.98 Å². The molecule has 1 aromatic heterocycles. The zero-order valence-corrected chi connectivity index (χ0v) is 15.1. The molecule has 2 amide bonds. The predicted molar refractivity (Wildman–Crippen MR) is 106 cm³/mol. The topological polar surface area (TPSA) is 91.6 Å². The van der Waals surface area contributed by atoms with Gasteiger partial charge < -0.3 is 20.9 Å². The van der Waals surface area contributed by atoms with Crippen molar-refractivity contribution >= 4 is 23.3 Å². The number of primary amides is 1. The molecule has 7 heteroatoms. The van der Waals surface area contributed by atoms with E-state index < -0.39 is 5.91 Å². The number of rotatable bonds is 6. The second-order valence-corrected chi connectivity index (χ2v) is 6.29. The number of hydrogen-bond acceptors (Lipinski definition) is 5. The first-order valence-corrected chi connectivity index (χ1v) is 8.83. The van der Waals surface area contributed by atoms with Crippen molar-refractivity contribution < 1.29 is 9.59 Å². The molecule has 0 bridgehead atoms. The van der Waals surface area contributed by atoms with Crippen LogP contribution in [-0.4, -0.2) is 49.5 Å². The van der Waals surface area contributed by atoms with Gasteiger partial charge in [0.05, 0.1) is 5.56 Å². The molecule has 1 aromatic carbocycles. The number of benzene rings is 1. The van der Waals surface area contributed by atoms with E-state index in [1.54, 1.807) is 30.5 Å². The maximum absolute atomic E-state index is 11.9. The van der Waals surface area contributed by atoms with Crippen LogP contribution in [0.25, 0.3) is 0 Å². The molecule has 1 aliphatic rings. The van der Waals surface area contributed by atoms with E-state index in [1.807, 2.05) is 18.2 Å². The summed E-state index contributed by atoms with van der Waals surface area (Å²) >= 11 is 0. The SMILES string of the molecule is C=CCNC(=O)c1ccc(N2CCN(c3ccc(C(N)=O)cc3)CC2)nc1. The maximum Gasteiger partial charge on any atom is 0.253 e. The molecular weight excluding hydrogens is 342 g/mol. The van der Waals surface area contributed by atoms with Gasteiger partial charge in [-0.05, 0) is 36.4 Å². The van der Waals surface area contributed by atoms with Gasteiger partial charge in [-0.1, -0.05) is 6.08 Å². The van der Waals surface area contributed by atoms with Gasteiger partial charge in [0.1, 0.15) is 5.82 Å². The van der Waals surface area contributed by atoms with E-state index in [4.69, 9.17) is 5.73 Å². The van der Waals surface area contributed by atoms with Crippen LogP contribution >= 0.6 is 0 Å². The van der Waals surface area contributed by atoms with Crippen molar-refractivity contribution in [3.63, 3.8) is 0 Å². The van der Waals surface area contributed by atoms with Crippen LogP contribution in [0.15, 0.2) is 55.3 Å². The number of nitrogens with two attached hydrogens (primary N) is 1. The summed E-state index contributed by atoms with van der Waals surface area (Å²) in [6, 6.07) is 11.0. The summed E-state index contributed by atoms with van der Waals surface area (Å²) in [4.78, 5) is 32.0. The van der Waals surface area contributed by atoms with Crippen LogP contribution in [0.5, 0.6) is 0 Å². The third-order valence-corrected chi connectivity index (χ3v) is 4.54. The Labute approximate surface area is 158 Å². The van der Waals surface area contributed by atoms with Crippen molar-refractivity contribution in [2.45, 2.75) is 0 Å². The van der Waals surface area contributed by atoms with Gasteiger partial charge in [0.2, 0.25) is 5.91 Å². The maximum atomic E-state index is 11.9. The van der Waals surface area contributed by atoms with Crippen LogP contribution in [-0.2, 0) is 0 Å². The number of pyridine rings is 1. The number of nitrogens with one attached hydrogen (secondary N) is 1. The van der Waals surface area contributed by atoms with Crippen molar-refractivity contribution in [3.8, 4) is 0 Å². The molecule has 2 aromatic rings. The minimum Gasteiger partial charge on any atom is -0.368 e. The van der Waals surface area contributed by atoms with Crippen LogP contribution < -0.4 is 20.9 Å². The lowest BCUT2D eigenvalue weighted by atomic mass is 10.1. The van der Waals surface area contributed by atoms with Crippen LogP contribution in [0, 0.1) is 0 Å². The number of carbonyl (C=O) groups is 2. The molecule has 7 nitrogen and oxygen atoms in total. The van der Waals surface area contributed by atoms with Crippen molar-refractivity contribution in [3.05, 3.63) is 66.4 Å². The van der Waals surface area contributed by atoms with Crippen molar-refractivity contribution in [1.82, 2.24) is 10.3 Å². The van der Waals surface area contributed by atoms with E-state index in [-0.39, 0.29) is 5.91 Å². The largest absolute Gasteiger partial charge is 0.368 e. The fourth-order valence-electron chi connectivity index (χ4n) is 3.00. The monoisotopic (exact) mass is 365 g/mol. The quantitative estimate of drug-likeness (QED) is 0.756.